The molecule has 0 fully saturated rings. The predicted molar refractivity (Wildman–Crippen MR) is 217 cm³/mol. The minimum atomic E-state index is -1.48. The second-order valence-electron chi connectivity index (χ2n) is 15.3. The van der Waals surface area contributed by atoms with Gasteiger partial charge < -0.3 is 23.7 Å². The van der Waals surface area contributed by atoms with Gasteiger partial charge in [0.15, 0.2) is 0 Å². The summed E-state index contributed by atoms with van der Waals surface area (Å²) in [6.07, 6.45) is -0.700. The molecule has 5 aromatic carbocycles. The fourth-order valence-electron chi connectivity index (χ4n) is 5.41. The predicted octanol–water partition coefficient (Wildman–Crippen LogP) is 10.5. The molecule has 5 aromatic rings. The molecular weight excluding hydrogens is 711 g/mol. The molecule has 1 amide bonds. The largest absolute Gasteiger partial charge is 0.488 e. The van der Waals surface area contributed by atoms with E-state index in [1.807, 2.05) is 91.0 Å². The molecule has 0 bridgehead atoms. The van der Waals surface area contributed by atoms with Crippen molar-refractivity contribution < 1.29 is 38.1 Å². The lowest BCUT2D eigenvalue weighted by Gasteiger charge is -2.22. The van der Waals surface area contributed by atoms with E-state index in [2.05, 4.69) is 25.0 Å². The zero-order valence-electron chi connectivity index (χ0n) is 32.3. The van der Waals surface area contributed by atoms with E-state index in [9.17, 15) is 9.59 Å². The number of carbonyl (C=O) groups excluding carboxylic acids is 3. The number of ketones is 1. The van der Waals surface area contributed by atoms with Crippen LogP contribution in [0.25, 0.3) is 0 Å². The first-order valence-corrected chi connectivity index (χ1v) is 22.0. The van der Waals surface area contributed by atoms with Gasteiger partial charge in [-0.3, -0.25) is 10.1 Å². The molecule has 0 spiro atoms. The number of rotatable bonds is 16. The summed E-state index contributed by atoms with van der Waals surface area (Å²) in [7, 11) is -1.48. The molecule has 0 aliphatic heterocycles. The number of nitrogens with one attached hydrogen (secondary N) is 1. The van der Waals surface area contributed by atoms with Gasteiger partial charge in [-0.05, 0) is 67.8 Å². The van der Waals surface area contributed by atoms with Crippen molar-refractivity contribution in [1.29, 1.82) is 0 Å². The van der Waals surface area contributed by atoms with Crippen molar-refractivity contribution in [3.8, 4) is 17.2 Å². The number of benzene rings is 5. The summed E-state index contributed by atoms with van der Waals surface area (Å²) in [6.45, 7) is 12.5. The van der Waals surface area contributed by atoms with Gasteiger partial charge in [-0.25, -0.2) is 9.59 Å². The van der Waals surface area contributed by atoms with Crippen molar-refractivity contribution in [2.24, 2.45) is 0 Å². The Bertz CT molecular complexity index is 1990. The Morgan fingerprint density at radius 3 is 1.53 bits per heavy atom. The van der Waals surface area contributed by atoms with Gasteiger partial charge in [0.05, 0.1) is 23.4 Å². The van der Waals surface area contributed by atoms with E-state index in [1.165, 1.54) is 12.1 Å². The van der Waals surface area contributed by atoms with Gasteiger partial charge in [-0.15, -0.1) is 0 Å². The van der Waals surface area contributed by atoms with Crippen LogP contribution in [0.15, 0.2) is 121 Å². The summed E-state index contributed by atoms with van der Waals surface area (Å²) in [5, 5.41) is 2.79. The van der Waals surface area contributed by atoms with E-state index >= 15 is 4.79 Å². The van der Waals surface area contributed by atoms with E-state index in [4.69, 9.17) is 23.7 Å². The van der Waals surface area contributed by atoms with Crippen LogP contribution in [0, 0.1) is 0 Å². The second kappa shape index (κ2) is 18.4. The van der Waals surface area contributed by atoms with E-state index in [1.54, 1.807) is 39.0 Å². The minimum Gasteiger partial charge on any atom is -0.488 e. The topological polar surface area (TPSA) is 109 Å². The normalized spacial score (nSPS) is 11.3. The third-order valence-electron chi connectivity index (χ3n) is 8.21. The molecule has 0 aromatic heterocycles. The lowest BCUT2D eigenvalue weighted by atomic mass is 9.97. The number of anilines is 1. The van der Waals surface area contributed by atoms with Crippen LogP contribution in [0.2, 0.25) is 25.7 Å². The van der Waals surface area contributed by atoms with Crippen LogP contribution in [0.1, 0.15) is 63.7 Å². The highest BCUT2D eigenvalue weighted by atomic mass is 28.3. The summed E-state index contributed by atoms with van der Waals surface area (Å²) in [5.74, 6) is -0.796. The van der Waals surface area contributed by atoms with Gasteiger partial charge in [-0.2, -0.15) is 0 Å². The quantitative estimate of drug-likeness (QED) is 0.0602. The molecule has 0 saturated heterocycles. The second-order valence-corrected chi connectivity index (χ2v) is 20.9. The van der Waals surface area contributed by atoms with E-state index in [0.717, 1.165) is 22.7 Å². The first-order valence-electron chi connectivity index (χ1n) is 18.3. The SMILES string of the molecule is CC(C)(C)OC(=O)c1cc(OCc2ccccc2)c(C(=O)c2c(NC(=O)OCC[Si](C)(C)C)cccc2OCc2ccccc2)c(OCc2ccccc2)c1. The van der Waals surface area contributed by atoms with Crippen LogP contribution < -0.4 is 19.5 Å². The van der Waals surface area contributed by atoms with Gasteiger partial charge in [0.1, 0.15) is 48.2 Å². The van der Waals surface area contributed by atoms with Crippen LogP contribution in [0.5, 0.6) is 17.2 Å². The molecular formula is C45H49NO8Si. The summed E-state index contributed by atoms with van der Waals surface area (Å²) < 4.78 is 30.4. The van der Waals surface area contributed by atoms with Crippen LogP contribution in [0.3, 0.4) is 0 Å². The fourth-order valence-corrected chi connectivity index (χ4v) is 6.13. The van der Waals surface area contributed by atoms with Crippen LogP contribution in [-0.4, -0.2) is 38.1 Å². The van der Waals surface area contributed by atoms with Crippen molar-refractivity contribution in [3.05, 3.63) is 155 Å². The lowest BCUT2D eigenvalue weighted by Crippen LogP contribution is -2.25. The average Bonchev–Trinajstić information content (AvgIpc) is 3.15. The molecule has 9 nitrogen and oxygen atoms in total. The number of hydrogen-bond donors (Lipinski definition) is 1. The minimum absolute atomic E-state index is 0.0325. The van der Waals surface area contributed by atoms with E-state index < -0.39 is 31.5 Å². The van der Waals surface area contributed by atoms with E-state index in [0.29, 0.717) is 0 Å². The molecule has 0 aliphatic carbocycles. The summed E-state index contributed by atoms with van der Waals surface area (Å²) in [4.78, 5) is 42.0. The number of carbonyl (C=O) groups is 3. The van der Waals surface area contributed by atoms with Gasteiger partial charge in [-0.1, -0.05) is 117 Å². The highest BCUT2D eigenvalue weighted by Gasteiger charge is 2.30. The smallest absolute Gasteiger partial charge is 0.411 e. The van der Waals surface area contributed by atoms with Crippen LogP contribution >= 0.6 is 0 Å². The van der Waals surface area contributed by atoms with Gasteiger partial charge in [0.2, 0.25) is 5.78 Å². The molecule has 10 heteroatoms. The van der Waals surface area contributed by atoms with Crippen molar-refractivity contribution in [2.75, 3.05) is 11.9 Å². The molecule has 55 heavy (non-hydrogen) atoms. The van der Waals surface area contributed by atoms with Crippen molar-refractivity contribution >= 4 is 31.6 Å². The standard InChI is InChI=1S/C45H49NO8Si/c1-45(2,3)54-43(48)35-27-38(52-30-33-19-12-8-13-20-33)41(39(28-35)53-31-34-21-14-9-15-22-34)42(47)40-36(46-44(49)50-25-26-55(4,5)6)23-16-24-37(40)51-29-32-17-10-7-11-18-32/h7-24,27-28H,25-26,29-31H2,1-6H3,(H,46,49). The monoisotopic (exact) mass is 759 g/mol. The lowest BCUT2D eigenvalue weighted by molar-refractivity contribution is 0.00682. The third kappa shape index (κ3) is 12.3. The highest BCUT2D eigenvalue weighted by molar-refractivity contribution is 6.76. The maximum absolute atomic E-state index is 15.3. The number of hydrogen-bond acceptors (Lipinski definition) is 8. The molecule has 0 saturated carbocycles. The Balaban J connectivity index is 1.64. The Labute approximate surface area is 324 Å². The molecule has 5 rings (SSSR count). The zero-order chi connectivity index (χ0) is 39.4. The van der Waals surface area contributed by atoms with Gasteiger partial charge in [0.25, 0.3) is 0 Å². The molecule has 0 radical (unpaired) electrons. The van der Waals surface area contributed by atoms with Crippen molar-refractivity contribution in [2.45, 2.75) is 71.9 Å². The molecule has 0 heterocycles. The average molecular weight is 760 g/mol. The molecule has 1 N–H and O–H groups in total. The van der Waals surface area contributed by atoms with Gasteiger partial charge >= 0.3 is 12.1 Å². The van der Waals surface area contributed by atoms with E-state index in [-0.39, 0.29) is 66.1 Å². The Kier molecular flexibility index (Phi) is 13.5. The number of esters is 1. The van der Waals surface area contributed by atoms with Gasteiger partial charge in [0, 0.05) is 8.07 Å². The van der Waals surface area contributed by atoms with Crippen molar-refractivity contribution in [3.63, 3.8) is 0 Å². The number of ether oxygens (including phenoxy) is 5. The highest BCUT2D eigenvalue weighted by Crippen LogP contribution is 2.39. The Hall–Kier alpha value is -5.87. The maximum Gasteiger partial charge on any atom is 0.411 e. The molecule has 0 atom stereocenters. The van der Waals surface area contributed by atoms with Crippen LogP contribution in [-0.2, 0) is 29.3 Å². The summed E-state index contributed by atoms with van der Waals surface area (Å²) in [5.41, 5.74) is 2.16. The molecule has 286 valence electrons. The Morgan fingerprint density at radius 1 is 0.600 bits per heavy atom. The Morgan fingerprint density at radius 2 is 1.07 bits per heavy atom. The molecule has 0 aliphatic rings. The molecule has 0 unspecified atom stereocenters. The fraction of sp³-hybridized carbons (Fsp3) is 0.267. The van der Waals surface area contributed by atoms with Crippen LogP contribution in [0.4, 0.5) is 10.5 Å². The first-order chi connectivity index (χ1) is 26.3. The first kappa shape index (κ1) is 40.3. The summed E-state index contributed by atoms with van der Waals surface area (Å²) in [6, 6.07) is 37.2. The summed E-state index contributed by atoms with van der Waals surface area (Å²) >= 11 is 0. The van der Waals surface area contributed by atoms with Crippen molar-refractivity contribution in [1.82, 2.24) is 0 Å². The third-order valence-corrected chi connectivity index (χ3v) is 9.92. The zero-order valence-corrected chi connectivity index (χ0v) is 33.3. The maximum atomic E-state index is 15.3. The number of amides is 1.